The fraction of sp³-hybridized carbons (Fsp3) is 0.316. The number of methoxy groups -OCH3 is 1. The van der Waals surface area contributed by atoms with E-state index >= 15 is 0 Å². The van der Waals surface area contributed by atoms with Gasteiger partial charge in [-0.2, -0.15) is 0 Å². The predicted molar refractivity (Wildman–Crippen MR) is 105 cm³/mol. The Morgan fingerprint density at radius 2 is 1.88 bits per heavy atom. The van der Waals surface area contributed by atoms with Crippen LogP contribution >= 0.6 is 27.7 Å². The average molecular weight is 408 g/mol. The van der Waals surface area contributed by atoms with E-state index in [1.807, 2.05) is 42.5 Å². The zero-order valence-electron chi connectivity index (χ0n) is 14.3. The molecule has 0 bridgehead atoms. The van der Waals surface area contributed by atoms with Crippen molar-refractivity contribution in [2.24, 2.45) is 5.16 Å². The van der Waals surface area contributed by atoms with E-state index in [4.69, 9.17) is 4.74 Å². The van der Waals surface area contributed by atoms with Crippen LogP contribution in [-0.4, -0.2) is 23.8 Å². The van der Waals surface area contributed by atoms with E-state index in [1.54, 1.807) is 18.9 Å². The molecular weight excluding hydrogens is 386 g/mol. The van der Waals surface area contributed by atoms with E-state index in [0.717, 1.165) is 26.2 Å². The second kappa shape index (κ2) is 8.08. The first-order valence-electron chi connectivity index (χ1n) is 7.64. The molecule has 2 rings (SSSR count). The van der Waals surface area contributed by atoms with Gasteiger partial charge in [0.25, 0.3) is 0 Å². The summed E-state index contributed by atoms with van der Waals surface area (Å²) in [6.07, 6.45) is 0. The number of nitrogens with zero attached hydrogens (tertiary/aromatic N) is 1. The van der Waals surface area contributed by atoms with Gasteiger partial charge in [-0.1, -0.05) is 44.1 Å². The van der Waals surface area contributed by atoms with E-state index < -0.39 is 0 Å². The van der Waals surface area contributed by atoms with Crippen molar-refractivity contribution < 1.29 is 9.94 Å². The lowest BCUT2D eigenvalue weighted by Crippen LogP contribution is -2.15. The smallest absolute Gasteiger partial charge is 0.136 e. The van der Waals surface area contributed by atoms with Gasteiger partial charge in [-0.25, -0.2) is 0 Å². The summed E-state index contributed by atoms with van der Waals surface area (Å²) in [5.74, 6) is 1.40. The van der Waals surface area contributed by atoms with Gasteiger partial charge >= 0.3 is 0 Å². The number of ether oxygens (including phenoxy) is 1. The first-order chi connectivity index (χ1) is 11.4. The van der Waals surface area contributed by atoms with Crippen LogP contribution in [0.2, 0.25) is 0 Å². The quantitative estimate of drug-likeness (QED) is 0.298. The molecule has 2 aromatic carbocycles. The number of halogens is 1. The standard InChI is InChI=1S/C19H22BrNO2S/c1-19(2,3)15-10-13(11-16(20)18(15)23-4)17(21-22)12-24-14-8-6-5-7-9-14/h5-11,22H,12H2,1-4H3/b21-17-. The topological polar surface area (TPSA) is 41.8 Å². The maximum absolute atomic E-state index is 9.50. The van der Waals surface area contributed by atoms with Gasteiger partial charge in [0.05, 0.1) is 17.3 Å². The second-order valence-corrected chi connectivity index (χ2v) is 8.34. The Bertz CT molecular complexity index is 724. The van der Waals surface area contributed by atoms with Crippen LogP contribution < -0.4 is 4.74 Å². The van der Waals surface area contributed by atoms with Gasteiger partial charge in [0.15, 0.2) is 0 Å². The van der Waals surface area contributed by atoms with Crippen LogP contribution in [0.3, 0.4) is 0 Å². The third-order valence-electron chi connectivity index (χ3n) is 3.63. The van der Waals surface area contributed by atoms with E-state index in [0.29, 0.717) is 11.5 Å². The minimum absolute atomic E-state index is 0.0863. The van der Waals surface area contributed by atoms with Crippen molar-refractivity contribution in [3.05, 3.63) is 58.1 Å². The van der Waals surface area contributed by atoms with E-state index in [-0.39, 0.29) is 5.41 Å². The molecule has 0 atom stereocenters. The second-order valence-electron chi connectivity index (χ2n) is 6.44. The summed E-state index contributed by atoms with van der Waals surface area (Å²) in [6.45, 7) is 6.40. The van der Waals surface area contributed by atoms with Crippen molar-refractivity contribution in [3.63, 3.8) is 0 Å². The lowest BCUT2D eigenvalue weighted by molar-refractivity contribution is 0.319. The molecular formula is C19H22BrNO2S. The molecule has 3 nitrogen and oxygen atoms in total. The van der Waals surface area contributed by atoms with Crippen molar-refractivity contribution in [1.29, 1.82) is 0 Å². The first kappa shape index (κ1) is 18.9. The maximum Gasteiger partial charge on any atom is 0.136 e. The van der Waals surface area contributed by atoms with Gasteiger partial charge in [0.1, 0.15) is 5.75 Å². The summed E-state index contributed by atoms with van der Waals surface area (Å²) >= 11 is 5.22. The third kappa shape index (κ3) is 4.54. The first-order valence-corrected chi connectivity index (χ1v) is 9.42. The fourth-order valence-corrected chi connectivity index (χ4v) is 3.86. The summed E-state index contributed by atoms with van der Waals surface area (Å²) in [6, 6.07) is 14.1. The van der Waals surface area contributed by atoms with E-state index in [9.17, 15) is 5.21 Å². The molecule has 0 fully saturated rings. The monoisotopic (exact) mass is 407 g/mol. The molecule has 24 heavy (non-hydrogen) atoms. The Hall–Kier alpha value is -1.46. The summed E-state index contributed by atoms with van der Waals surface area (Å²) < 4.78 is 6.41. The number of benzene rings is 2. The highest BCUT2D eigenvalue weighted by Crippen LogP contribution is 2.38. The molecule has 0 aliphatic carbocycles. The number of oxime groups is 1. The van der Waals surface area contributed by atoms with Gasteiger partial charge in [0.2, 0.25) is 0 Å². The van der Waals surface area contributed by atoms with Crippen molar-refractivity contribution in [1.82, 2.24) is 0 Å². The molecule has 0 saturated heterocycles. The molecule has 0 saturated carbocycles. The Balaban J connectivity index is 2.34. The molecule has 5 heteroatoms. The molecule has 0 heterocycles. The zero-order valence-corrected chi connectivity index (χ0v) is 16.7. The molecule has 0 aromatic heterocycles. The van der Waals surface area contributed by atoms with Crippen LogP contribution in [0.4, 0.5) is 0 Å². The van der Waals surface area contributed by atoms with Gasteiger partial charge in [-0.05, 0) is 45.6 Å². The highest BCUT2D eigenvalue weighted by Gasteiger charge is 2.23. The summed E-state index contributed by atoms with van der Waals surface area (Å²) in [5.41, 5.74) is 2.51. The fourth-order valence-electron chi connectivity index (χ4n) is 2.36. The minimum Gasteiger partial charge on any atom is -0.495 e. The van der Waals surface area contributed by atoms with Gasteiger partial charge in [-0.3, -0.25) is 0 Å². The van der Waals surface area contributed by atoms with Crippen molar-refractivity contribution in [2.45, 2.75) is 31.1 Å². The summed E-state index contributed by atoms with van der Waals surface area (Å²) in [7, 11) is 1.67. The Labute approximate surface area is 156 Å². The highest BCUT2D eigenvalue weighted by molar-refractivity contribution is 9.10. The maximum atomic E-state index is 9.50. The summed E-state index contributed by atoms with van der Waals surface area (Å²) in [5, 5.41) is 13.0. The van der Waals surface area contributed by atoms with Crippen LogP contribution in [0.1, 0.15) is 31.9 Å². The lowest BCUT2D eigenvalue weighted by Gasteiger charge is -2.24. The van der Waals surface area contributed by atoms with Crippen LogP contribution in [0.5, 0.6) is 5.75 Å². The Morgan fingerprint density at radius 1 is 1.21 bits per heavy atom. The minimum atomic E-state index is -0.0863. The SMILES string of the molecule is COc1c(Br)cc(/C(CSc2ccccc2)=N\O)cc1C(C)(C)C. The van der Waals surface area contributed by atoms with E-state index in [1.165, 1.54) is 0 Å². The normalized spacial score (nSPS) is 12.3. The molecule has 0 aliphatic rings. The van der Waals surface area contributed by atoms with Gasteiger partial charge in [-0.15, -0.1) is 11.8 Å². The Kier molecular flexibility index (Phi) is 6.35. The molecule has 128 valence electrons. The molecule has 0 aliphatic heterocycles. The number of thioether (sulfide) groups is 1. The van der Waals surface area contributed by atoms with Crippen LogP contribution in [0.25, 0.3) is 0 Å². The number of hydrogen-bond acceptors (Lipinski definition) is 4. The zero-order chi connectivity index (χ0) is 17.7. The van der Waals surface area contributed by atoms with Crippen molar-refractivity contribution in [3.8, 4) is 5.75 Å². The summed E-state index contributed by atoms with van der Waals surface area (Å²) in [4.78, 5) is 1.14. The molecule has 0 unspecified atom stereocenters. The molecule has 0 radical (unpaired) electrons. The molecule has 2 aromatic rings. The van der Waals surface area contributed by atoms with Crippen molar-refractivity contribution in [2.75, 3.05) is 12.9 Å². The average Bonchev–Trinajstić information content (AvgIpc) is 2.55. The molecule has 0 amide bonds. The number of rotatable bonds is 5. The van der Waals surface area contributed by atoms with Crippen LogP contribution in [0.15, 0.2) is 57.0 Å². The highest BCUT2D eigenvalue weighted by atomic mass is 79.9. The third-order valence-corrected chi connectivity index (χ3v) is 5.24. The van der Waals surface area contributed by atoms with Crippen LogP contribution in [0, 0.1) is 0 Å². The van der Waals surface area contributed by atoms with Gasteiger partial charge < -0.3 is 9.94 Å². The predicted octanol–water partition coefficient (Wildman–Crippen LogP) is 5.73. The molecule has 1 N–H and O–H groups in total. The van der Waals surface area contributed by atoms with Gasteiger partial charge in [0, 0.05) is 21.8 Å². The number of hydrogen-bond donors (Lipinski definition) is 1. The van der Waals surface area contributed by atoms with Crippen molar-refractivity contribution >= 4 is 33.4 Å². The Morgan fingerprint density at radius 3 is 2.42 bits per heavy atom. The lowest BCUT2D eigenvalue weighted by atomic mass is 9.85. The molecule has 0 spiro atoms. The van der Waals surface area contributed by atoms with E-state index in [2.05, 4.69) is 41.9 Å². The largest absolute Gasteiger partial charge is 0.495 e. The van der Waals surface area contributed by atoms with Crippen LogP contribution in [-0.2, 0) is 5.41 Å².